The molecule has 8 heteroatoms. The largest absolute Gasteiger partial charge is 0.490 e. The summed E-state index contributed by atoms with van der Waals surface area (Å²) in [4.78, 5) is 27.0. The van der Waals surface area contributed by atoms with E-state index in [9.17, 15) is 9.59 Å². The average molecular weight is 445 g/mol. The summed E-state index contributed by atoms with van der Waals surface area (Å²) in [7, 11) is 0. The first-order chi connectivity index (χ1) is 14.4. The fourth-order valence-electron chi connectivity index (χ4n) is 3.04. The number of carbonyl (C=O) groups excluding carboxylic acids is 2. The predicted octanol–water partition coefficient (Wildman–Crippen LogP) is 4.28. The second-order valence-corrected chi connectivity index (χ2v) is 7.21. The number of amides is 2. The van der Waals surface area contributed by atoms with Crippen LogP contribution in [0.2, 0.25) is 5.02 Å². The topological polar surface area (TPSA) is 67.9 Å². The van der Waals surface area contributed by atoms with Crippen LogP contribution < -0.4 is 19.7 Å². The van der Waals surface area contributed by atoms with Crippen LogP contribution in [0.4, 0.5) is 5.69 Å². The lowest BCUT2D eigenvalue weighted by Crippen LogP contribution is -2.54. The van der Waals surface area contributed by atoms with Crippen molar-refractivity contribution in [3.8, 4) is 11.5 Å². The lowest BCUT2D eigenvalue weighted by atomic mass is 10.1. The number of thiocarbonyl (C=S) groups is 1. The molecule has 0 radical (unpaired) electrons. The van der Waals surface area contributed by atoms with Gasteiger partial charge in [0.25, 0.3) is 11.8 Å². The van der Waals surface area contributed by atoms with Gasteiger partial charge >= 0.3 is 0 Å². The van der Waals surface area contributed by atoms with E-state index < -0.39 is 11.8 Å². The third-order valence-corrected chi connectivity index (χ3v) is 5.15. The molecule has 0 bridgehead atoms. The monoisotopic (exact) mass is 444 g/mol. The van der Waals surface area contributed by atoms with Crippen LogP contribution in [0.5, 0.6) is 11.5 Å². The SMILES string of the molecule is CCOc1ccc(/C=C2\C(=O)NC(=S)N(c3cccc(Cl)c3C)C2=O)cc1OCC. The van der Waals surface area contributed by atoms with Gasteiger partial charge in [0.15, 0.2) is 16.6 Å². The molecule has 1 fully saturated rings. The minimum absolute atomic E-state index is 0.00853. The molecule has 2 aromatic carbocycles. The fraction of sp³-hybridized carbons (Fsp3) is 0.227. The van der Waals surface area contributed by atoms with Crippen molar-refractivity contribution in [2.75, 3.05) is 18.1 Å². The van der Waals surface area contributed by atoms with Crippen molar-refractivity contribution < 1.29 is 19.1 Å². The highest BCUT2D eigenvalue weighted by atomic mass is 35.5. The van der Waals surface area contributed by atoms with Crippen molar-refractivity contribution in [3.63, 3.8) is 0 Å². The van der Waals surface area contributed by atoms with Gasteiger partial charge in [0.1, 0.15) is 5.57 Å². The molecule has 1 N–H and O–H groups in total. The van der Waals surface area contributed by atoms with Crippen LogP contribution in [-0.4, -0.2) is 30.1 Å². The van der Waals surface area contributed by atoms with Crippen LogP contribution in [0.25, 0.3) is 6.08 Å². The van der Waals surface area contributed by atoms with E-state index in [0.29, 0.717) is 46.5 Å². The maximum atomic E-state index is 13.2. The normalized spacial score (nSPS) is 15.4. The third-order valence-electron chi connectivity index (χ3n) is 4.46. The first-order valence-electron chi connectivity index (χ1n) is 9.43. The van der Waals surface area contributed by atoms with Crippen LogP contribution in [-0.2, 0) is 9.59 Å². The number of hydrogen-bond donors (Lipinski definition) is 1. The second-order valence-electron chi connectivity index (χ2n) is 6.41. The van der Waals surface area contributed by atoms with Gasteiger partial charge in [0.2, 0.25) is 0 Å². The summed E-state index contributed by atoms with van der Waals surface area (Å²) in [6.07, 6.45) is 1.50. The Labute approximate surface area is 185 Å². The Hall–Kier alpha value is -2.90. The molecule has 1 aliphatic heterocycles. The zero-order chi connectivity index (χ0) is 21.8. The number of carbonyl (C=O) groups is 2. The van der Waals surface area contributed by atoms with E-state index in [-0.39, 0.29) is 10.7 Å². The van der Waals surface area contributed by atoms with Crippen LogP contribution in [0.1, 0.15) is 25.0 Å². The van der Waals surface area contributed by atoms with Gasteiger partial charge in [-0.15, -0.1) is 0 Å². The van der Waals surface area contributed by atoms with E-state index >= 15 is 0 Å². The van der Waals surface area contributed by atoms with E-state index in [2.05, 4.69) is 5.32 Å². The molecule has 1 aliphatic rings. The van der Waals surface area contributed by atoms with Crippen LogP contribution >= 0.6 is 23.8 Å². The van der Waals surface area contributed by atoms with Gasteiger partial charge in [-0.3, -0.25) is 19.8 Å². The number of hydrogen-bond acceptors (Lipinski definition) is 5. The minimum atomic E-state index is -0.562. The highest BCUT2D eigenvalue weighted by molar-refractivity contribution is 7.80. The highest BCUT2D eigenvalue weighted by Gasteiger charge is 2.35. The van der Waals surface area contributed by atoms with E-state index in [1.165, 1.54) is 11.0 Å². The second kappa shape index (κ2) is 9.28. The van der Waals surface area contributed by atoms with Crippen molar-refractivity contribution in [2.45, 2.75) is 20.8 Å². The zero-order valence-corrected chi connectivity index (χ0v) is 18.4. The number of benzene rings is 2. The summed E-state index contributed by atoms with van der Waals surface area (Å²) in [5, 5.41) is 3.08. The molecule has 2 aromatic rings. The summed E-state index contributed by atoms with van der Waals surface area (Å²) in [5.74, 6) is 0.0439. The molecule has 2 amide bonds. The smallest absolute Gasteiger partial charge is 0.270 e. The molecule has 0 spiro atoms. The number of anilines is 1. The van der Waals surface area contributed by atoms with Crippen molar-refractivity contribution >= 4 is 52.5 Å². The Bertz CT molecular complexity index is 1050. The summed E-state index contributed by atoms with van der Waals surface area (Å²) in [6, 6.07) is 10.4. The maximum absolute atomic E-state index is 13.2. The zero-order valence-electron chi connectivity index (χ0n) is 16.8. The van der Waals surface area contributed by atoms with E-state index in [1.54, 1.807) is 43.3 Å². The van der Waals surface area contributed by atoms with Crippen molar-refractivity contribution in [3.05, 3.63) is 58.1 Å². The number of nitrogens with one attached hydrogen (secondary N) is 1. The third kappa shape index (κ3) is 4.32. The number of nitrogens with zero attached hydrogens (tertiary/aromatic N) is 1. The summed E-state index contributed by atoms with van der Waals surface area (Å²) in [6.45, 7) is 6.48. The Morgan fingerprint density at radius 1 is 1.10 bits per heavy atom. The lowest BCUT2D eigenvalue weighted by molar-refractivity contribution is -0.122. The summed E-state index contributed by atoms with van der Waals surface area (Å²) >= 11 is 11.5. The van der Waals surface area contributed by atoms with Crippen molar-refractivity contribution in [1.29, 1.82) is 0 Å². The van der Waals surface area contributed by atoms with Gasteiger partial charge in [-0.1, -0.05) is 23.7 Å². The predicted molar refractivity (Wildman–Crippen MR) is 121 cm³/mol. The van der Waals surface area contributed by atoms with Crippen LogP contribution in [0, 0.1) is 6.92 Å². The molecular formula is C22H21ClN2O4S. The van der Waals surface area contributed by atoms with Crippen molar-refractivity contribution in [1.82, 2.24) is 5.32 Å². The molecule has 0 aliphatic carbocycles. The molecule has 0 aromatic heterocycles. The van der Waals surface area contributed by atoms with Crippen molar-refractivity contribution in [2.24, 2.45) is 0 Å². The number of halogens is 1. The molecule has 0 unspecified atom stereocenters. The van der Waals surface area contributed by atoms with E-state index in [0.717, 1.165) is 0 Å². The molecule has 156 valence electrons. The fourth-order valence-corrected chi connectivity index (χ4v) is 3.48. The van der Waals surface area contributed by atoms with Gasteiger partial charge < -0.3 is 9.47 Å². The van der Waals surface area contributed by atoms with Gasteiger partial charge in [-0.2, -0.15) is 0 Å². The number of ether oxygens (including phenoxy) is 2. The standard InChI is InChI=1S/C22H21ClN2O4S/c1-4-28-18-10-9-14(12-19(18)29-5-2)11-15-20(26)24-22(30)25(21(15)27)17-8-6-7-16(23)13(17)3/h6-12H,4-5H2,1-3H3,(H,24,26,30)/b15-11+. The molecule has 0 saturated carbocycles. The average Bonchev–Trinajstić information content (AvgIpc) is 2.70. The van der Waals surface area contributed by atoms with E-state index in [4.69, 9.17) is 33.3 Å². The van der Waals surface area contributed by atoms with Gasteiger partial charge in [-0.05, 0) is 74.5 Å². The minimum Gasteiger partial charge on any atom is -0.490 e. The van der Waals surface area contributed by atoms with E-state index in [1.807, 2.05) is 13.8 Å². The van der Waals surface area contributed by atoms with Gasteiger partial charge in [0, 0.05) is 5.02 Å². The molecule has 6 nitrogen and oxygen atoms in total. The maximum Gasteiger partial charge on any atom is 0.270 e. The molecule has 1 heterocycles. The number of rotatable bonds is 6. The molecule has 30 heavy (non-hydrogen) atoms. The van der Waals surface area contributed by atoms with Gasteiger partial charge in [-0.25, -0.2) is 0 Å². The summed E-state index contributed by atoms with van der Waals surface area (Å²) < 4.78 is 11.2. The van der Waals surface area contributed by atoms with Crippen LogP contribution in [0.15, 0.2) is 42.0 Å². The highest BCUT2D eigenvalue weighted by Crippen LogP contribution is 2.32. The van der Waals surface area contributed by atoms with Crippen LogP contribution in [0.3, 0.4) is 0 Å². The quantitative estimate of drug-likeness (QED) is 0.409. The Kier molecular flexibility index (Phi) is 6.74. The van der Waals surface area contributed by atoms with Gasteiger partial charge in [0.05, 0.1) is 18.9 Å². The molecule has 1 saturated heterocycles. The Morgan fingerprint density at radius 3 is 2.50 bits per heavy atom. The molecule has 0 atom stereocenters. The Morgan fingerprint density at radius 2 is 1.80 bits per heavy atom. The first kappa shape index (κ1) is 21.8. The molecular weight excluding hydrogens is 424 g/mol. The summed E-state index contributed by atoms with van der Waals surface area (Å²) in [5.41, 5.74) is 1.78. The first-order valence-corrected chi connectivity index (χ1v) is 10.2. The Balaban J connectivity index is 2.02. The molecule has 3 rings (SSSR count). The lowest BCUT2D eigenvalue weighted by Gasteiger charge is -2.30.